The molecule has 2 heterocycles. The van der Waals surface area contributed by atoms with E-state index in [1.54, 1.807) is 0 Å². The van der Waals surface area contributed by atoms with E-state index in [2.05, 4.69) is 224 Å². The first-order chi connectivity index (χ1) is 28.4. The lowest BCUT2D eigenvalue weighted by Gasteiger charge is -2.45. The predicted molar refractivity (Wildman–Crippen MR) is 249 cm³/mol. The molecule has 0 unspecified atom stereocenters. The number of aryl methyl sites for hydroxylation is 4. The van der Waals surface area contributed by atoms with Gasteiger partial charge in [-0.25, -0.2) is 0 Å². The maximum Gasteiger partial charge on any atom is 0.252 e. The molecule has 4 heteroatoms. The zero-order valence-electron chi connectivity index (χ0n) is 33.2. The number of fused-ring (bicyclic) bond motifs is 6. The van der Waals surface area contributed by atoms with E-state index in [0.717, 1.165) is 28.4 Å². The quantitative estimate of drug-likeness (QED) is 0.163. The number of hydrogen-bond acceptors (Lipinski definition) is 3. The van der Waals surface area contributed by atoms with Gasteiger partial charge in [0.05, 0.1) is 17.1 Å². The SMILES string of the molecule is Cc1ccc(N2c3ccc(C)cc3B3c4cc(C)ccc4N(c4ccc(C)cc4)c4cc(N(c5cccc6ccccc56)c5cccc6ccccc56)cc2c43)cc1. The molecule has 3 nitrogen and oxygen atoms in total. The van der Waals surface area contributed by atoms with E-state index in [-0.39, 0.29) is 6.71 Å². The van der Waals surface area contributed by atoms with E-state index in [1.807, 2.05) is 0 Å². The minimum absolute atomic E-state index is 0.0378. The second kappa shape index (κ2) is 13.3. The fourth-order valence-corrected chi connectivity index (χ4v) is 9.52. The second-order valence-corrected chi connectivity index (χ2v) is 16.1. The van der Waals surface area contributed by atoms with Crippen molar-refractivity contribution in [3.8, 4) is 0 Å². The van der Waals surface area contributed by atoms with Crippen molar-refractivity contribution in [1.29, 1.82) is 0 Å². The fraction of sp³-hybridized carbons (Fsp3) is 0.0741. The van der Waals surface area contributed by atoms with Crippen molar-refractivity contribution < 1.29 is 0 Å². The number of hydrogen-bond donors (Lipinski definition) is 0. The van der Waals surface area contributed by atoms with Crippen LogP contribution in [0.1, 0.15) is 22.3 Å². The Morgan fingerprint density at radius 2 is 0.793 bits per heavy atom. The van der Waals surface area contributed by atoms with Gasteiger partial charge in [0.1, 0.15) is 0 Å². The molecule has 0 N–H and O–H groups in total. The van der Waals surface area contributed by atoms with E-state index in [1.165, 1.54) is 82.9 Å². The van der Waals surface area contributed by atoms with Gasteiger partial charge in [0.25, 0.3) is 6.71 Å². The molecule has 2 aliphatic heterocycles. The molecule has 0 atom stereocenters. The van der Waals surface area contributed by atoms with Crippen LogP contribution in [0, 0.1) is 27.7 Å². The van der Waals surface area contributed by atoms with Gasteiger partial charge in [0.15, 0.2) is 0 Å². The molecular formula is C54H42BN3. The Labute approximate surface area is 341 Å². The van der Waals surface area contributed by atoms with Crippen LogP contribution in [0.15, 0.2) is 182 Å². The molecule has 0 spiro atoms. The molecule has 0 fully saturated rings. The van der Waals surface area contributed by atoms with E-state index in [4.69, 9.17) is 0 Å². The Morgan fingerprint density at radius 1 is 0.379 bits per heavy atom. The Balaban J connectivity index is 1.30. The van der Waals surface area contributed by atoms with Crippen molar-refractivity contribution in [1.82, 2.24) is 0 Å². The van der Waals surface area contributed by atoms with Crippen molar-refractivity contribution in [3.05, 3.63) is 204 Å². The molecule has 0 saturated carbocycles. The molecular weight excluding hydrogens is 701 g/mol. The highest BCUT2D eigenvalue weighted by atomic mass is 15.2. The van der Waals surface area contributed by atoms with Crippen molar-refractivity contribution in [3.63, 3.8) is 0 Å². The maximum atomic E-state index is 2.52. The van der Waals surface area contributed by atoms with Crippen LogP contribution in [0.25, 0.3) is 21.5 Å². The highest BCUT2D eigenvalue weighted by Gasteiger charge is 2.44. The molecule has 2 aliphatic rings. The normalized spacial score (nSPS) is 12.7. The summed E-state index contributed by atoms with van der Waals surface area (Å²) in [6.45, 7) is 8.82. The monoisotopic (exact) mass is 743 g/mol. The molecule has 0 aromatic heterocycles. The largest absolute Gasteiger partial charge is 0.311 e. The Morgan fingerprint density at radius 3 is 1.26 bits per heavy atom. The van der Waals surface area contributed by atoms with Crippen molar-refractivity contribution in [2.45, 2.75) is 27.7 Å². The smallest absolute Gasteiger partial charge is 0.252 e. The minimum atomic E-state index is 0.0378. The van der Waals surface area contributed by atoms with E-state index in [0.29, 0.717) is 0 Å². The van der Waals surface area contributed by atoms with E-state index < -0.39 is 0 Å². The van der Waals surface area contributed by atoms with Crippen LogP contribution in [0.3, 0.4) is 0 Å². The van der Waals surface area contributed by atoms with E-state index in [9.17, 15) is 0 Å². The first-order valence-corrected chi connectivity index (χ1v) is 20.3. The summed E-state index contributed by atoms with van der Waals surface area (Å²) in [6.07, 6.45) is 0. The van der Waals surface area contributed by atoms with Gasteiger partial charge in [0, 0.05) is 44.9 Å². The Bertz CT molecular complexity index is 2860. The van der Waals surface area contributed by atoms with Gasteiger partial charge < -0.3 is 14.7 Å². The first kappa shape index (κ1) is 34.2. The molecule has 9 aromatic rings. The first-order valence-electron chi connectivity index (χ1n) is 20.3. The lowest BCUT2D eigenvalue weighted by Crippen LogP contribution is -2.61. The summed E-state index contributed by atoms with van der Waals surface area (Å²) >= 11 is 0. The number of benzene rings is 9. The van der Waals surface area contributed by atoms with Gasteiger partial charge in [0.2, 0.25) is 0 Å². The molecule has 0 aliphatic carbocycles. The molecule has 0 amide bonds. The third kappa shape index (κ3) is 5.36. The van der Waals surface area contributed by atoms with Crippen LogP contribution >= 0.6 is 0 Å². The van der Waals surface area contributed by atoms with Crippen molar-refractivity contribution >= 4 is 95.8 Å². The molecule has 0 saturated heterocycles. The highest BCUT2D eigenvalue weighted by Crippen LogP contribution is 2.49. The predicted octanol–water partition coefficient (Wildman–Crippen LogP) is 12.8. The summed E-state index contributed by atoms with van der Waals surface area (Å²) in [4.78, 5) is 7.55. The Kier molecular flexibility index (Phi) is 7.84. The maximum absolute atomic E-state index is 2.52. The zero-order valence-corrected chi connectivity index (χ0v) is 33.2. The van der Waals surface area contributed by atoms with Crippen LogP contribution < -0.4 is 31.1 Å². The van der Waals surface area contributed by atoms with Gasteiger partial charge in [-0.2, -0.15) is 0 Å². The summed E-state index contributed by atoms with van der Waals surface area (Å²) in [5.74, 6) is 0. The number of rotatable bonds is 5. The van der Waals surface area contributed by atoms with Gasteiger partial charge >= 0.3 is 0 Å². The van der Waals surface area contributed by atoms with Gasteiger partial charge in [-0.15, -0.1) is 0 Å². The van der Waals surface area contributed by atoms with Gasteiger partial charge in [-0.3, -0.25) is 0 Å². The van der Waals surface area contributed by atoms with E-state index >= 15 is 0 Å². The molecule has 58 heavy (non-hydrogen) atoms. The number of anilines is 9. The van der Waals surface area contributed by atoms with Crippen LogP contribution in [-0.4, -0.2) is 6.71 Å². The average Bonchev–Trinajstić information content (AvgIpc) is 3.25. The lowest BCUT2D eigenvalue weighted by atomic mass is 9.33. The third-order valence-electron chi connectivity index (χ3n) is 12.2. The summed E-state index contributed by atoms with van der Waals surface area (Å²) in [5.41, 5.74) is 19.5. The molecule has 276 valence electrons. The average molecular weight is 744 g/mol. The number of nitrogens with zero attached hydrogens (tertiary/aromatic N) is 3. The summed E-state index contributed by atoms with van der Waals surface area (Å²) in [5, 5.41) is 4.82. The fourth-order valence-electron chi connectivity index (χ4n) is 9.52. The molecule has 0 bridgehead atoms. The molecule has 9 aromatic carbocycles. The highest BCUT2D eigenvalue weighted by molar-refractivity contribution is 7.00. The Hall–Kier alpha value is -7.04. The summed E-state index contributed by atoms with van der Waals surface area (Å²) in [7, 11) is 0. The van der Waals surface area contributed by atoms with Gasteiger partial charge in [-0.05, 0) is 116 Å². The van der Waals surface area contributed by atoms with Crippen molar-refractivity contribution in [2.75, 3.05) is 14.7 Å². The van der Waals surface area contributed by atoms with Crippen LogP contribution in [0.5, 0.6) is 0 Å². The third-order valence-corrected chi connectivity index (χ3v) is 12.2. The van der Waals surface area contributed by atoms with Crippen LogP contribution in [0.4, 0.5) is 51.2 Å². The standard InChI is InChI=1S/C54H42BN3/c1-35-19-25-41(26-20-35)56-50-29-23-37(3)31-46(50)55-47-32-38(4)24-30-51(47)57(42-27-21-36(2)22-28-42)53-34-43(33-52(56)54(53)55)58(48-17-9-13-39-11-5-7-15-44(39)48)49-18-10-14-40-12-6-8-16-45(40)49/h5-34H,1-4H3. The summed E-state index contributed by atoms with van der Waals surface area (Å²) in [6, 6.07) is 68.0. The topological polar surface area (TPSA) is 9.72 Å². The van der Waals surface area contributed by atoms with Gasteiger partial charge in [-0.1, -0.05) is 144 Å². The zero-order chi connectivity index (χ0) is 39.1. The molecule has 0 radical (unpaired) electrons. The molecule has 11 rings (SSSR count). The minimum Gasteiger partial charge on any atom is -0.311 e. The van der Waals surface area contributed by atoms with Crippen molar-refractivity contribution in [2.24, 2.45) is 0 Å². The summed E-state index contributed by atoms with van der Waals surface area (Å²) < 4.78 is 0. The van der Waals surface area contributed by atoms with Crippen LogP contribution in [-0.2, 0) is 0 Å². The lowest BCUT2D eigenvalue weighted by molar-refractivity contribution is 1.22. The van der Waals surface area contributed by atoms with Crippen LogP contribution in [0.2, 0.25) is 0 Å². The second-order valence-electron chi connectivity index (χ2n) is 16.1.